The van der Waals surface area contributed by atoms with Gasteiger partial charge in [-0.2, -0.15) is 0 Å². The number of hydrogen-bond donors (Lipinski definition) is 2. The van der Waals surface area contributed by atoms with Crippen LogP contribution in [-0.4, -0.2) is 68.5 Å². The summed E-state index contributed by atoms with van der Waals surface area (Å²) in [5.74, 6) is -0.176. The Labute approximate surface area is 445 Å². The molecule has 2 N–H and O–H groups in total. The first-order valence-corrected chi connectivity index (χ1v) is 31.0. The Balaban J connectivity index is 4.18. The Morgan fingerprint density at radius 1 is 0.500 bits per heavy atom. The van der Waals surface area contributed by atoms with Gasteiger partial charge in [-0.1, -0.05) is 259 Å². The highest BCUT2D eigenvalue weighted by atomic mass is 31.2. The molecule has 0 aliphatic rings. The van der Waals surface area contributed by atoms with E-state index in [4.69, 9.17) is 9.05 Å². The molecule has 0 aliphatic heterocycles. The van der Waals surface area contributed by atoms with Gasteiger partial charge in [0.1, 0.15) is 13.2 Å². The number of quaternary nitrogens is 1. The zero-order valence-corrected chi connectivity index (χ0v) is 48.2. The molecular weight excluding hydrogens is 912 g/mol. The summed E-state index contributed by atoms with van der Waals surface area (Å²) < 4.78 is 23.4. The quantitative estimate of drug-likeness (QED) is 0.0272. The fraction of sp³-hybridized carbons (Fsp3) is 0.730. The summed E-state index contributed by atoms with van der Waals surface area (Å²) in [5, 5.41) is 14.0. The van der Waals surface area contributed by atoms with E-state index in [1.807, 2.05) is 21.1 Å². The topological polar surface area (TPSA) is 108 Å². The van der Waals surface area contributed by atoms with E-state index in [1.165, 1.54) is 122 Å². The van der Waals surface area contributed by atoms with Gasteiger partial charge in [-0.15, -0.1) is 0 Å². The van der Waals surface area contributed by atoms with Crippen LogP contribution in [0.5, 0.6) is 0 Å². The van der Waals surface area contributed by atoms with Crippen LogP contribution in [0.3, 0.4) is 0 Å². The Morgan fingerprint density at radius 2 is 0.847 bits per heavy atom. The number of likely N-dealkylation sites (N-methyl/N-ethyl adjacent to an activating group) is 1. The number of unbranched alkanes of at least 4 members (excludes halogenated alkanes) is 24. The number of aliphatic hydroxyl groups excluding tert-OH is 1. The van der Waals surface area contributed by atoms with Crippen LogP contribution in [0.15, 0.2) is 97.2 Å². The van der Waals surface area contributed by atoms with Gasteiger partial charge in [-0.05, 0) is 77.0 Å². The lowest BCUT2D eigenvalue weighted by molar-refractivity contribution is -0.870. The van der Waals surface area contributed by atoms with Crippen molar-refractivity contribution in [3.05, 3.63) is 97.2 Å². The number of nitrogens with zero attached hydrogens (tertiary/aromatic N) is 1. The maximum Gasteiger partial charge on any atom is 0.268 e. The highest BCUT2D eigenvalue weighted by Gasteiger charge is 2.24. The molecule has 72 heavy (non-hydrogen) atoms. The van der Waals surface area contributed by atoms with E-state index < -0.39 is 20.0 Å². The summed E-state index contributed by atoms with van der Waals surface area (Å²) in [5.41, 5.74) is 0. The maximum absolute atomic E-state index is 13.0. The van der Waals surface area contributed by atoms with E-state index in [1.54, 1.807) is 0 Å². The van der Waals surface area contributed by atoms with Crippen molar-refractivity contribution in [3.8, 4) is 0 Å². The van der Waals surface area contributed by atoms with Crippen molar-refractivity contribution in [1.82, 2.24) is 5.32 Å². The van der Waals surface area contributed by atoms with Gasteiger partial charge < -0.3 is 28.8 Å². The van der Waals surface area contributed by atoms with Crippen molar-refractivity contribution < 1.29 is 32.9 Å². The first-order valence-electron chi connectivity index (χ1n) is 29.6. The average Bonchev–Trinajstić information content (AvgIpc) is 3.34. The first kappa shape index (κ1) is 69.4. The Hall–Kier alpha value is -2.58. The number of aliphatic hydroxyl groups is 1. The van der Waals surface area contributed by atoms with Crippen LogP contribution in [-0.2, 0) is 18.4 Å². The van der Waals surface area contributed by atoms with Crippen LogP contribution in [0.4, 0.5) is 0 Å². The van der Waals surface area contributed by atoms with E-state index in [9.17, 15) is 19.4 Å². The van der Waals surface area contributed by atoms with E-state index in [0.717, 1.165) is 96.3 Å². The molecule has 0 aromatic rings. The number of phosphoric ester groups is 1. The predicted octanol–water partition coefficient (Wildman–Crippen LogP) is 17.6. The number of carbonyl (C=O) groups is 1. The third kappa shape index (κ3) is 55.2. The summed E-state index contributed by atoms with van der Waals surface area (Å²) in [6.45, 7) is 4.61. The van der Waals surface area contributed by atoms with Gasteiger partial charge in [0, 0.05) is 6.42 Å². The van der Waals surface area contributed by atoms with Crippen LogP contribution in [0.2, 0.25) is 0 Å². The lowest BCUT2D eigenvalue weighted by Gasteiger charge is -2.30. The molecule has 0 heterocycles. The summed E-state index contributed by atoms with van der Waals surface area (Å²) >= 11 is 0. The van der Waals surface area contributed by atoms with Gasteiger partial charge in [0.15, 0.2) is 0 Å². The van der Waals surface area contributed by atoms with Crippen LogP contribution in [0.25, 0.3) is 0 Å². The number of rotatable bonds is 53. The number of nitrogens with one attached hydrogen (secondary N) is 1. The average molecular weight is 1030 g/mol. The van der Waals surface area contributed by atoms with Gasteiger partial charge >= 0.3 is 0 Å². The van der Waals surface area contributed by atoms with Crippen LogP contribution in [0.1, 0.15) is 245 Å². The summed E-state index contributed by atoms with van der Waals surface area (Å²) in [7, 11) is 1.29. The number of phosphoric acid groups is 1. The summed E-state index contributed by atoms with van der Waals surface area (Å²) in [6.07, 6.45) is 75.8. The van der Waals surface area contributed by atoms with Crippen LogP contribution in [0, 0.1) is 0 Å². The molecule has 9 heteroatoms. The number of hydrogen-bond acceptors (Lipinski definition) is 6. The molecule has 0 aromatic heterocycles. The molecule has 3 atom stereocenters. The zero-order chi connectivity index (χ0) is 52.7. The van der Waals surface area contributed by atoms with Crippen molar-refractivity contribution in [1.29, 1.82) is 0 Å². The van der Waals surface area contributed by atoms with E-state index in [0.29, 0.717) is 23.9 Å². The highest BCUT2D eigenvalue weighted by molar-refractivity contribution is 7.45. The summed E-state index contributed by atoms with van der Waals surface area (Å²) in [4.78, 5) is 25.5. The molecule has 0 aliphatic carbocycles. The fourth-order valence-corrected chi connectivity index (χ4v) is 8.96. The maximum atomic E-state index is 13.0. The minimum atomic E-state index is -4.58. The molecule has 8 nitrogen and oxygen atoms in total. The molecule has 0 rings (SSSR count). The first-order chi connectivity index (χ1) is 35.0. The SMILES string of the molecule is CC/C=C\C/C=C\C/C=C\C/C=C\C/C=C\C/C=C\C/C=C\C/C=C\CCCCCCCCCCC(=O)NC(COP(=O)([O-])OCC[N+](C)(C)C)C(O)CCCCCCCCCCCCCCCCCCC. The minimum absolute atomic E-state index is 0.00615. The molecule has 0 radical (unpaired) electrons. The Morgan fingerprint density at radius 3 is 1.24 bits per heavy atom. The van der Waals surface area contributed by atoms with Gasteiger partial charge in [-0.25, -0.2) is 0 Å². The fourth-order valence-electron chi connectivity index (χ4n) is 8.23. The summed E-state index contributed by atoms with van der Waals surface area (Å²) in [6, 6.07) is -0.812. The van der Waals surface area contributed by atoms with E-state index >= 15 is 0 Å². The van der Waals surface area contributed by atoms with Gasteiger partial charge in [0.2, 0.25) is 5.91 Å². The van der Waals surface area contributed by atoms with E-state index in [2.05, 4.69) is 116 Å². The molecule has 0 bridgehead atoms. The van der Waals surface area contributed by atoms with E-state index in [-0.39, 0.29) is 19.1 Å². The molecule has 0 saturated carbocycles. The smallest absolute Gasteiger partial charge is 0.268 e. The number of amides is 1. The lowest BCUT2D eigenvalue weighted by atomic mass is 10.0. The van der Waals surface area contributed by atoms with Crippen molar-refractivity contribution >= 4 is 13.7 Å². The number of carbonyl (C=O) groups excluding carboxylic acids is 1. The molecule has 416 valence electrons. The molecular formula is C63H113N2O6P. The Bertz CT molecular complexity index is 1490. The second-order valence-corrected chi connectivity index (χ2v) is 22.4. The van der Waals surface area contributed by atoms with Gasteiger partial charge in [0.05, 0.1) is 39.9 Å². The van der Waals surface area contributed by atoms with Crippen molar-refractivity contribution in [2.24, 2.45) is 0 Å². The third-order valence-electron chi connectivity index (χ3n) is 12.8. The predicted molar refractivity (Wildman–Crippen MR) is 311 cm³/mol. The molecule has 0 saturated heterocycles. The molecule has 0 aromatic carbocycles. The van der Waals surface area contributed by atoms with Crippen molar-refractivity contribution in [3.63, 3.8) is 0 Å². The monoisotopic (exact) mass is 1020 g/mol. The standard InChI is InChI=1S/C63H113N2O6P/c1-6-8-10-12-14-16-18-20-22-24-25-26-27-28-29-30-31-32-33-34-35-36-37-38-39-41-43-45-47-49-51-53-55-57-63(67)64-61(60-71-72(68,69)70-59-58-65(3,4)5)62(66)56-54-52-50-48-46-44-42-40-23-21-19-17-15-13-11-9-7-2/h8,10,14,16,20,22,25-26,28-29,31-32,34-35,37-38,61-62,66H,6-7,9,11-13,15,17-19,21,23-24,27,30,33,36,39-60H2,1-5H3,(H-,64,67,68,69)/b10-8-,16-14-,22-20-,26-25-,29-28-,32-31-,35-34-,38-37-. The molecule has 1 amide bonds. The van der Waals surface area contributed by atoms with Crippen LogP contribution < -0.4 is 10.2 Å². The minimum Gasteiger partial charge on any atom is -0.756 e. The van der Waals surface area contributed by atoms with Crippen molar-refractivity contribution in [2.75, 3.05) is 40.9 Å². The second-order valence-electron chi connectivity index (χ2n) is 21.0. The largest absolute Gasteiger partial charge is 0.756 e. The third-order valence-corrected chi connectivity index (χ3v) is 13.8. The van der Waals surface area contributed by atoms with Gasteiger partial charge in [-0.3, -0.25) is 9.36 Å². The molecule has 3 unspecified atom stereocenters. The number of allylic oxidation sites excluding steroid dienone is 16. The highest BCUT2D eigenvalue weighted by Crippen LogP contribution is 2.38. The van der Waals surface area contributed by atoms with Gasteiger partial charge in [0.25, 0.3) is 7.82 Å². The Kier molecular flexibility index (Phi) is 51.3. The molecule has 0 fully saturated rings. The van der Waals surface area contributed by atoms with Crippen molar-refractivity contribution in [2.45, 2.75) is 257 Å². The second kappa shape index (κ2) is 53.3. The van der Waals surface area contributed by atoms with Crippen LogP contribution >= 0.6 is 7.82 Å². The normalized spacial score (nSPS) is 14.6. The molecule has 0 spiro atoms. The zero-order valence-electron chi connectivity index (χ0n) is 47.4. The lowest BCUT2D eigenvalue weighted by Crippen LogP contribution is -2.46.